The van der Waals surface area contributed by atoms with Gasteiger partial charge >= 0.3 is 6.03 Å². The van der Waals surface area contributed by atoms with Crippen molar-refractivity contribution < 1.29 is 9.18 Å². The van der Waals surface area contributed by atoms with Crippen LogP contribution in [0.2, 0.25) is 0 Å². The van der Waals surface area contributed by atoms with Crippen molar-refractivity contribution in [3.8, 4) is 0 Å². The second-order valence-electron chi connectivity index (χ2n) is 8.38. The molecular weight excluding hydrogens is 389 g/mol. The third-order valence-electron chi connectivity index (χ3n) is 6.37. The molecule has 4 nitrogen and oxygen atoms in total. The summed E-state index contributed by atoms with van der Waals surface area (Å²) < 4.78 is 14.1. The highest BCUT2D eigenvalue weighted by Gasteiger charge is 2.39. The van der Waals surface area contributed by atoms with Gasteiger partial charge in [0.2, 0.25) is 0 Å². The molecule has 2 aliphatic heterocycles. The first kappa shape index (κ1) is 19.8. The predicted octanol–water partition coefficient (Wildman–Crippen LogP) is 5.43. The van der Waals surface area contributed by atoms with Crippen LogP contribution >= 0.6 is 0 Å². The summed E-state index contributed by atoms with van der Waals surface area (Å²) in [4.78, 5) is 17.6. The Morgan fingerprint density at radius 3 is 2.42 bits per heavy atom. The molecule has 158 valence electrons. The molecule has 3 aromatic carbocycles. The molecule has 1 fully saturated rings. The molecule has 2 aliphatic rings. The minimum atomic E-state index is -0.286. The summed E-state index contributed by atoms with van der Waals surface area (Å²) in [5.41, 5.74) is 3.94. The van der Waals surface area contributed by atoms with Gasteiger partial charge in [-0.15, -0.1) is 0 Å². The summed E-state index contributed by atoms with van der Waals surface area (Å²) in [7, 11) is 0. The number of benzene rings is 3. The van der Waals surface area contributed by atoms with Crippen LogP contribution in [0.15, 0.2) is 78.9 Å². The first-order valence-electron chi connectivity index (χ1n) is 10.9. The van der Waals surface area contributed by atoms with Crippen LogP contribution in [0, 0.1) is 5.82 Å². The smallest absolute Gasteiger partial charge is 0.310 e. The molecule has 31 heavy (non-hydrogen) atoms. The lowest BCUT2D eigenvalue weighted by molar-refractivity contribution is 0.105. The van der Waals surface area contributed by atoms with Crippen molar-refractivity contribution in [3.63, 3.8) is 0 Å². The summed E-state index contributed by atoms with van der Waals surface area (Å²) in [5.74, 6) is -0.279. The van der Waals surface area contributed by atoms with Gasteiger partial charge in [0.25, 0.3) is 0 Å². The van der Waals surface area contributed by atoms with Crippen LogP contribution in [0.25, 0.3) is 0 Å². The highest BCUT2D eigenvalue weighted by atomic mass is 19.1. The number of rotatable bonds is 4. The number of para-hydroxylation sites is 1. The molecule has 1 N–H and O–H groups in total. The summed E-state index contributed by atoms with van der Waals surface area (Å²) in [6.07, 6.45) is 1.79. The fourth-order valence-electron chi connectivity index (χ4n) is 4.89. The van der Waals surface area contributed by atoms with E-state index in [1.165, 1.54) is 11.6 Å². The first-order valence-corrected chi connectivity index (χ1v) is 10.9. The summed E-state index contributed by atoms with van der Waals surface area (Å²) >= 11 is 0. The number of fused-ring (bicyclic) bond motifs is 1. The average molecular weight is 416 g/mol. The largest absolute Gasteiger partial charge is 0.322 e. The molecule has 0 spiro atoms. The van der Waals surface area contributed by atoms with Crippen LogP contribution < -0.4 is 5.32 Å². The van der Waals surface area contributed by atoms with E-state index in [-0.39, 0.29) is 23.9 Å². The van der Waals surface area contributed by atoms with Gasteiger partial charge in [-0.05, 0) is 42.2 Å². The number of carbonyl (C=O) groups is 1. The van der Waals surface area contributed by atoms with E-state index < -0.39 is 0 Å². The zero-order valence-electron chi connectivity index (χ0n) is 17.4. The number of amides is 2. The zero-order chi connectivity index (χ0) is 21.2. The summed E-state index contributed by atoms with van der Waals surface area (Å²) in [6, 6.07) is 24.7. The van der Waals surface area contributed by atoms with Gasteiger partial charge < -0.3 is 10.2 Å². The standard InChI is InChI=1S/C26H26FN3O/c27-21-10-6-9-20(17-21)25-23-11-4-5-12-24(23)28-26(31)30(25)22-13-15-29(16-14-22)18-19-7-2-1-3-8-19/h1-12,17,22,25H,13-16,18H2,(H,28,31). The quantitative estimate of drug-likeness (QED) is 0.617. The number of hydrogen-bond donors (Lipinski definition) is 1. The molecule has 1 saturated heterocycles. The molecule has 1 atom stereocenters. The number of piperidine rings is 1. The van der Waals surface area contributed by atoms with Gasteiger partial charge in [-0.2, -0.15) is 0 Å². The molecule has 2 heterocycles. The van der Waals surface area contributed by atoms with Gasteiger partial charge in [0.15, 0.2) is 0 Å². The predicted molar refractivity (Wildman–Crippen MR) is 120 cm³/mol. The van der Waals surface area contributed by atoms with E-state index in [1.807, 2.05) is 41.3 Å². The second-order valence-corrected chi connectivity index (χ2v) is 8.38. The minimum absolute atomic E-state index is 0.102. The van der Waals surface area contributed by atoms with Crippen LogP contribution in [0.5, 0.6) is 0 Å². The number of nitrogens with zero attached hydrogens (tertiary/aromatic N) is 2. The maximum Gasteiger partial charge on any atom is 0.322 e. The Morgan fingerprint density at radius 1 is 0.903 bits per heavy atom. The number of carbonyl (C=O) groups excluding carboxylic acids is 1. The van der Waals surface area contributed by atoms with Gasteiger partial charge in [0.05, 0.1) is 6.04 Å². The third kappa shape index (κ3) is 4.06. The monoisotopic (exact) mass is 415 g/mol. The minimum Gasteiger partial charge on any atom is -0.310 e. The lowest BCUT2D eigenvalue weighted by atomic mass is 9.90. The number of halogens is 1. The van der Waals surface area contributed by atoms with Gasteiger partial charge in [-0.1, -0.05) is 60.7 Å². The number of urea groups is 1. The Balaban J connectivity index is 1.40. The lowest BCUT2D eigenvalue weighted by Gasteiger charge is -2.45. The van der Waals surface area contributed by atoms with Crippen molar-refractivity contribution in [1.29, 1.82) is 0 Å². The Hall–Kier alpha value is -3.18. The number of anilines is 1. The molecule has 3 aromatic rings. The number of nitrogens with one attached hydrogen (secondary N) is 1. The van der Waals surface area contributed by atoms with Gasteiger partial charge in [0, 0.05) is 36.9 Å². The van der Waals surface area contributed by atoms with E-state index in [0.29, 0.717) is 0 Å². The normalized spacial score (nSPS) is 19.7. The van der Waals surface area contributed by atoms with Crippen LogP contribution in [0.4, 0.5) is 14.9 Å². The molecule has 0 bridgehead atoms. The average Bonchev–Trinajstić information content (AvgIpc) is 2.79. The molecule has 5 heteroatoms. The first-order chi connectivity index (χ1) is 15.2. The van der Waals surface area contributed by atoms with E-state index in [2.05, 4.69) is 34.5 Å². The Bertz CT molecular complexity index is 1060. The number of likely N-dealkylation sites (tertiary alicyclic amines) is 1. The van der Waals surface area contributed by atoms with Crippen molar-refractivity contribution in [3.05, 3.63) is 101 Å². The molecule has 0 aromatic heterocycles. The van der Waals surface area contributed by atoms with Crippen LogP contribution in [0.1, 0.15) is 35.6 Å². The zero-order valence-corrected chi connectivity index (χ0v) is 17.4. The molecule has 0 radical (unpaired) electrons. The van der Waals surface area contributed by atoms with Crippen LogP contribution in [-0.2, 0) is 6.54 Å². The van der Waals surface area contributed by atoms with E-state index >= 15 is 0 Å². The van der Waals surface area contributed by atoms with Crippen LogP contribution in [-0.4, -0.2) is 35.0 Å². The van der Waals surface area contributed by atoms with Crippen molar-refractivity contribution in [1.82, 2.24) is 9.80 Å². The van der Waals surface area contributed by atoms with E-state index in [9.17, 15) is 9.18 Å². The SMILES string of the molecule is O=C1Nc2ccccc2C(c2cccc(F)c2)N1C1CCN(Cc2ccccc2)CC1. The van der Waals surface area contributed by atoms with E-state index in [0.717, 1.165) is 49.3 Å². The van der Waals surface area contributed by atoms with Gasteiger partial charge in [-0.3, -0.25) is 4.90 Å². The maximum atomic E-state index is 14.1. The highest BCUT2D eigenvalue weighted by Crippen LogP contribution is 2.40. The third-order valence-corrected chi connectivity index (χ3v) is 6.37. The second kappa shape index (κ2) is 8.52. The maximum absolute atomic E-state index is 14.1. The molecule has 1 unspecified atom stereocenters. The van der Waals surface area contributed by atoms with Crippen LogP contribution in [0.3, 0.4) is 0 Å². The van der Waals surface area contributed by atoms with Crippen molar-refractivity contribution >= 4 is 11.7 Å². The summed E-state index contributed by atoms with van der Waals surface area (Å²) in [5, 5.41) is 3.05. The van der Waals surface area contributed by atoms with Gasteiger partial charge in [-0.25, -0.2) is 9.18 Å². The van der Waals surface area contributed by atoms with Crippen molar-refractivity contribution in [2.75, 3.05) is 18.4 Å². The highest BCUT2D eigenvalue weighted by molar-refractivity contribution is 5.93. The Labute approximate surface area is 182 Å². The molecule has 2 amide bonds. The number of hydrogen-bond acceptors (Lipinski definition) is 2. The van der Waals surface area contributed by atoms with Crippen molar-refractivity contribution in [2.45, 2.75) is 31.5 Å². The molecular formula is C26H26FN3O. The van der Waals surface area contributed by atoms with E-state index in [4.69, 9.17) is 0 Å². The molecule has 5 rings (SSSR count). The fourth-order valence-corrected chi connectivity index (χ4v) is 4.89. The van der Waals surface area contributed by atoms with Crippen molar-refractivity contribution in [2.24, 2.45) is 0 Å². The topological polar surface area (TPSA) is 35.6 Å². The van der Waals surface area contributed by atoms with E-state index in [1.54, 1.807) is 12.1 Å². The Kier molecular flexibility index (Phi) is 5.43. The Morgan fingerprint density at radius 2 is 1.65 bits per heavy atom. The summed E-state index contributed by atoms with van der Waals surface area (Å²) in [6.45, 7) is 2.79. The molecule has 0 aliphatic carbocycles. The lowest BCUT2D eigenvalue weighted by Crippen LogP contribution is -2.52. The molecule has 0 saturated carbocycles. The van der Waals surface area contributed by atoms with Gasteiger partial charge in [0.1, 0.15) is 5.82 Å². The fraction of sp³-hybridized carbons (Fsp3) is 0.269.